The predicted molar refractivity (Wildman–Crippen MR) is 64.0 cm³/mol. The number of H-pyrrole nitrogens is 1. The zero-order valence-electron chi connectivity index (χ0n) is 9.30. The van der Waals surface area contributed by atoms with Crippen LogP contribution < -0.4 is 5.73 Å². The van der Waals surface area contributed by atoms with E-state index in [0.29, 0.717) is 23.5 Å². The highest BCUT2D eigenvalue weighted by molar-refractivity contribution is 5.97. The van der Waals surface area contributed by atoms with Crippen LogP contribution >= 0.6 is 0 Å². The average molecular weight is 232 g/mol. The number of fused-ring (bicyclic) bond motifs is 1. The van der Waals surface area contributed by atoms with Gasteiger partial charge in [0.05, 0.1) is 12.0 Å². The van der Waals surface area contributed by atoms with E-state index < -0.39 is 5.97 Å². The van der Waals surface area contributed by atoms with Crippen molar-refractivity contribution in [2.75, 3.05) is 12.3 Å². The van der Waals surface area contributed by atoms with Gasteiger partial charge in [0.15, 0.2) is 0 Å². The number of nitrogens with one attached hydrogen (secondary N) is 1. The summed E-state index contributed by atoms with van der Waals surface area (Å²) < 4.78 is 4.78. The quantitative estimate of drug-likeness (QED) is 0.610. The van der Waals surface area contributed by atoms with E-state index in [1.54, 1.807) is 19.2 Å². The first kappa shape index (κ1) is 11.1. The molecule has 6 heteroatoms. The predicted octanol–water partition coefficient (Wildman–Crippen LogP) is 1.12. The molecule has 2 aromatic heterocycles. The molecule has 0 unspecified atom stereocenters. The normalized spacial score (nSPS) is 11.1. The Bertz CT molecular complexity index is 574. The number of aromatic nitrogens is 3. The number of carbonyl (C=O) groups is 1. The number of hydrogen-bond donors (Lipinski definition) is 2. The van der Waals surface area contributed by atoms with Crippen molar-refractivity contribution in [3.8, 4) is 0 Å². The van der Waals surface area contributed by atoms with Gasteiger partial charge in [0.2, 0.25) is 0 Å². The summed E-state index contributed by atoms with van der Waals surface area (Å²) in [5.41, 5.74) is 7.14. The van der Waals surface area contributed by atoms with Crippen molar-refractivity contribution in [1.29, 1.82) is 0 Å². The summed E-state index contributed by atoms with van der Waals surface area (Å²) in [6.45, 7) is 2.10. The Balaban J connectivity index is 2.34. The van der Waals surface area contributed by atoms with Gasteiger partial charge in [-0.1, -0.05) is 0 Å². The zero-order valence-corrected chi connectivity index (χ0v) is 9.30. The number of nitrogens with zero attached hydrogens (tertiary/aromatic N) is 2. The van der Waals surface area contributed by atoms with Crippen molar-refractivity contribution in [2.45, 2.75) is 6.92 Å². The Kier molecular flexibility index (Phi) is 3.04. The van der Waals surface area contributed by atoms with Crippen LogP contribution in [0.3, 0.4) is 0 Å². The van der Waals surface area contributed by atoms with Gasteiger partial charge >= 0.3 is 5.97 Å². The van der Waals surface area contributed by atoms with Crippen LogP contribution in [0.1, 0.15) is 12.5 Å². The molecular weight excluding hydrogens is 220 g/mol. The first-order valence-electron chi connectivity index (χ1n) is 5.14. The summed E-state index contributed by atoms with van der Waals surface area (Å²) in [5.74, 6) is -0.0166. The number of carbonyl (C=O) groups excluding carboxylic acids is 1. The number of anilines is 1. The Hall–Kier alpha value is -2.37. The van der Waals surface area contributed by atoms with E-state index in [1.807, 2.05) is 0 Å². The zero-order chi connectivity index (χ0) is 12.3. The van der Waals surface area contributed by atoms with Gasteiger partial charge in [-0.25, -0.2) is 14.8 Å². The second-order valence-corrected chi connectivity index (χ2v) is 3.31. The molecule has 0 fully saturated rings. The van der Waals surface area contributed by atoms with Crippen molar-refractivity contribution in [2.24, 2.45) is 0 Å². The van der Waals surface area contributed by atoms with E-state index in [1.165, 1.54) is 12.4 Å². The topological polar surface area (TPSA) is 93.9 Å². The van der Waals surface area contributed by atoms with Crippen LogP contribution in [0.25, 0.3) is 17.1 Å². The second kappa shape index (κ2) is 4.65. The summed E-state index contributed by atoms with van der Waals surface area (Å²) in [6, 6.07) is 0. The third kappa shape index (κ3) is 2.25. The lowest BCUT2D eigenvalue weighted by atomic mass is 10.2. The van der Waals surface area contributed by atoms with Crippen molar-refractivity contribution in [3.05, 3.63) is 24.2 Å². The molecule has 0 amide bonds. The van der Waals surface area contributed by atoms with Crippen molar-refractivity contribution >= 4 is 28.9 Å². The summed E-state index contributed by atoms with van der Waals surface area (Å²) in [6.07, 6.45) is 6.06. The summed E-state index contributed by atoms with van der Waals surface area (Å²) >= 11 is 0. The van der Waals surface area contributed by atoms with Crippen LogP contribution in [-0.4, -0.2) is 27.5 Å². The molecule has 2 heterocycles. The highest BCUT2D eigenvalue weighted by atomic mass is 16.5. The molecule has 0 aliphatic carbocycles. The van der Waals surface area contributed by atoms with Crippen LogP contribution in [0.5, 0.6) is 0 Å². The third-order valence-electron chi connectivity index (χ3n) is 2.22. The third-order valence-corrected chi connectivity index (χ3v) is 2.22. The molecule has 0 atom stereocenters. The van der Waals surface area contributed by atoms with Gasteiger partial charge in [-0.2, -0.15) is 0 Å². The second-order valence-electron chi connectivity index (χ2n) is 3.31. The lowest BCUT2D eigenvalue weighted by molar-refractivity contribution is -0.137. The van der Waals surface area contributed by atoms with Crippen molar-refractivity contribution < 1.29 is 9.53 Å². The summed E-state index contributed by atoms with van der Waals surface area (Å²) in [5, 5.41) is 0.702. The van der Waals surface area contributed by atoms with Crippen LogP contribution in [0.15, 0.2) is 18.6 Å². The Morgan fingerprint density at radius 1 is 1.59 bits per heavy atom. The molecular formula is C11H12N4O2. The molecule has 3 N–H and O–H groups in total. The number of aromatic amines is 1. The van der Waals surface area contributed by atoms with E-state index in [4.69, 9.17) is 10.5 Å². The molecule has 2 rings (SSSR count). The summed E-state index contributed by atoms with van der Waals surface area (Å²) in [4.78, 5) is 22.1. The molecule has 88 valence electrons. The standard InChI is InChI=1S/C11H12N4O2/c1-2-17-8(16)4-3-7-5-13-11-9(7)10(12)14-6-15-11/h3-6H,2H2,1H3,(H3,12,13,14,15). The van der Waals surface area contributed by atoms with Crippen LogP contribution in [-0.2, 0) is 9.53 Å². The largest absolute Gasteiger partial charge is 0.463 e. The SMILES string of the molecule is CCOC(=O)C=Cc1c[nH]c2ncnc(N)c12. The first-order chi connectivity index (χ1) is 8.22. The first-order valence-corrected chi connectivity index (χ1v) is 5.14. The van der Waals surface area contributed by atoms with Gasteiger partial charge in [0.1, 0.15) is 17.8 Å². The highest BCUT2D eigenvalue weighted by Crippen LogP contribution is 2.21. The molecule has 0 radical (unpaired) electrons. The van der Waals surface area contributed by atoms with Crippen molar-refractivity contribution in [1.82, 2.24) is 15.0 Å². The molecule has 0 aliphatic heterocycles. The molecule has 0 bridgehead atoms. The maximum absolute atomic E-state index is 11.2. The van der Waals surface area contributed by atoms with Crippen molar-refractivity contribution in [3.63, 3.8) is 0 Å². The summed E-state index contributed by atoms with van der Waals surface area (Å²) in [7, 11) is 0. The molecule has 0 aliphatic rings. The van der Waals surface area contributed by atoms with Gasteiger partial charge < -0.3 is 15.5 Å². The van der Waals surface area contributed by atoms with E-state index in [2.05, 4.69) is 15.0 Å². The van der Waals surface area contributed by atoms with Crippen LogP contribution in [0.2, 0.25) is 0 Å². The fourth-order valence-electron chi connectivity index (χ4n) is 1.49. The number of rotatable bonds is 3. The van der Waals surface area contributed by atoms with Gasteiger partial charge in [0.25, 0.3) is 0 Å². The lowest BCUT2D eigenvalue weighted by Gasteiger charge is -1.96. The number of ether oxygens (including phenoxy) is 1. The monoisotopic (exact) mass is 232 g/mol. The molecule has 17 heavy (non-hydrogen) atoms. The highest BCUT2D eigenvalue weighted by Gasteiger charge is 2.06. The molecule has 0 spiro atoms. The van der Waals surface area contributed by atoms with E-state index in [-0.39, 0.29) is 0 Å². The van der Waals surface area contributed by atoms with E-state index in [0.717, 1.165) is 5.56 Å². The van der Waals surface area contributed by atoms with Gasteiger partial charge in [-0.3, -0.25) is 0 Å². The minimum absolute atomic E-state index is 0.350. The molecule has 0 saturated carbocycles. The molecule has 6 nitrogen and oxygen atoms in total. The maximum Gasteiger partial charge on any atom is 0.330 e. The lowest BCUT2D eigenvalue weighted by Crippen LogP contribution is -1.98. The Labute approximate surface area is 97.5 Å². The molecule has 0 saturated heterocycles. The minimum atomic E-state index is -0.391. The number of esters is 1. The fourth-order valence-corrected chi connectivity index (χ4v) is 1.49. The Morgan fingerprint density at radius 3 is 3.18 bits per heavy atom. The van der Waals surface area contributed by atoms with Gasteiger partial charge in [0, 0.05) is 17.8 Å². The molecule has 0 aromatic carbocycles. The number of nitrogen functional groups attached to an aromatic ring is 1. The number of hydrogen-bond acceptors (Lipinski definition) is 5. The Morgan fingerprint density at radius 2 is 2.41 bits per heavy atom. The van der Waals surface area contributed by atoms with Gasteiger partial charge in [-0.05, 0) is 13.0 Å². The minimum Gasteiger partial charge on any atom is -0.463 e. The smallest absolute Gasteiger partial charge is 0.330 e. The maximum atomic E-state index is 11.2. The van der Waals surface area contributed by atoms with Crippen LogP contribution in [0.4, 0.5) is 5.82 Å². The van der Waals surface area contributed by atoms with Crippen LogP contribution in [0, 0.1) is 0 Å². The molecule has 2 aromatic rings. The van der Waals surface area contributed by atoms with Gasteiger partial charge in [-0.15, -0.1) is 0 Å². The fraction of sp³-hybridized carbons (Fsp3) is 0.182. The number of nitrogens with two attached hydrogens (primary N) is 1. The van der Waals surface area contributed by atoms with E-state index >= 15 is 0 Å². The average Bonchev–Trinajstić information content (AvgIpc) is 2.71. The van der Waals surface area contributed by atoms with E-state index in [9.17, 15) is 4.79 Å².